The molecule has 0 bridgehead atoms. The van der Waals surface area contributed by atoms with Gasteiger partial charge in [-0.3, -0.25) is 4.90 Å². The van der Waals surface area contributed by atoms with E-state index < -0.39 is 0 Å². The average molecular weight is 247 g/mol. The summed E-state index contributed by atoms with van der Waals surface area (Å²) in [6.45, 7) is 10.4. The molecule has 0 radical (unpaired) electrons. The van der Waals surface area contributed by atoms with E-state index in [0.717, 1.165) is 19.0 Å². The minimum Gasteiger partial charge on any atom is -0.338 e. The Kier molecular flexibility index (Phi) is 3.43. The molecule has 2 fully saturated rings. The van der Waals surface area contributed by atoms with Crippen LogP contribution in [0.2, 0.25) is 0 Å². The number of hydrogen-bond acceptors (Lipinski definition) is 5. The van der Waals surface area contributed by atoms with Gasteiger partial charge in [-0.1, -0.05) is 6.92 Å². The van der Waals surface area contributed by atoms with Crippen molar-refractivity contribution < 1.29 is 0 Å². The molecule has 0 amide bonds. The Balaban J connectivity index is 1.48. The summed E-state index contributed by atoms with van der Waals surface area (Å²) in [5, 5.41) is 0. The van der Waals surface area contributed by atoms with E-state index >= 15 is 0 Å². The minimum absolute atomic E-state index is 0.702. The van der Waals surface area contributed by atoms with Crippen molar-refractivity contribution in [2.75, 3.05) is 50.7 Å². The summed E-state index contributed by atoms with van der Waals surface area (Å²) in [6.07, 6.45) is 3.63. The topological polar surface area (TPSA) is 35.5 Å². The van der Waals surface area contributed by atoms with Crippen LogP contribution in [0, 0.1) is 0 Å². The highest BCUT2D eigenvalue weighted by molar-refractivity contribution is 5.34. The van der Waals surface area contributed by atoms with Crippen LogP contribution in [-0.4, -0.2) is 71.6 Å². The lowest BCUT2D eigenvalue weighted by atomic mass is 10.1. The van der Waals surface area contributed by atoms with Gasteiger partial charge in [0.2, 0.25) is 5.95 Å². The second kappa shape index (κ2) is 5.20. The molecule has 18 heavy (non-hydrogen) atoms. The maximum absolute atomic E-state index is 4.29. The maximum atomic E-state index is 4.29. The van der Waals surface area contributed by atoms with Crippen molar-refractivity contribution in [3.05, 3.63) is 18.5 Å². The van der Waals surface area contributed by atoms with Gasteiger partial charge in [0.15, 0.2) is 0 Å². The first kappa shape index (κ1) is 11.9. The number of aromatic nitrogens is 2. The second-order valence-electron chi connectivity index (χ2n) is 5.08. The molecular formula is C13H21N5. The Morgan fingerprint density at radius 1 is 1.11 bits per heavy atom. The highest BCUT2D eigenvalue weighted by Gasteiger charge is 2.34. The predicted molar refractivity (Wildman–Crippen MR) is 71.7 cm³/mol. The van der Waals surface area contributed by atoms with Gasteiger partial charge >= 0.3 is 0 Å². The summed E-state index contributed by atoms with van der Waals surface area (Å²) in [5.41, 5.74) is 0. The Morgan fingerprint density at radius 3 is 2.39 bits per heavy atom. The first-order valence-corrected chi connectivity index (χ1v) is 6.85. The van der Waals surface area contributed by atoms with Crippen LogP contribution < -0.4 is 4.90 Å². The maximum Gasteiger partial charge on any atom is 0.225 e. The van der Waals surface area contributed by atoms with E-state index in [2.05, 4.69) is 31.6 Å². The van der Waals surface area contributed by atoms with E-state index in [1.807, 2.05) is 18.5 Å². The molecule has 0 saturated carbocycles. The minimum atomic E-state index is 0.702. The zero-order chi connectivity index (χ0) is 12.4. The zero-order valence-corrected chi connectivity index (χ0v) is 11.0. The fraction of sp³-hybridized carbons (Fsp3) is 0.692. The largest absolute Gasteiger partial charge is 0.338 e. The third-order valence-corrected chi connectivity index (χ3v) is 4.07. The molecule has 1 aromatic heterocycles. The van der Waals surface area contributed by atoms with Gasteiger partial charge < -0.3 is 9.80 Å². The molecule has 0 unspecified atom stereocenters. The Morgan fingerprint density at radius 2 is 1.78 bits per heavy atom. The molecule has 0 spiro atoms. The summed E-state index contributed by atoms with van der Waals surface area (Å²) in [6, 6.07) is 2.57. The fourth-order valence-corrected chi connectivity index (χ4v) is 2.75. The van der Waals surface area contributed by atoms with Gasteiger partial charge in [0, 0.05) is 57.7 Å². The molecule has 0 aromatic carbocycles. The second-order valence-corrected chi connectivity index (χ2v) is 5.08. The lowest BCUT2D eigenvalue weighted by Gasteiger charge is -2.48. The summed E-state index contributed by atoms with van der Waals surface area (Å²) >= 11 is 0. The molecule has 0 N–H and O–H groups in total. The van der Waals surface area contributed by atoms with Gasteiger partial charge in [0.1, 0.15) is 0 Å². The number of piperazine rings is 1. The van der Waals surface area contributed by atoms with E-state index in [9.17, 15) is 0 Å². The van der Waals surface area contributed by atoms with E-state index in [1.54, 1.807) is 0 Å². The number of nitrogens with zero attached hydrogens (tertiary/aromatic N) is 5. The Labute approximate surface area is 108 Å². The monoisotopic (exact) mass is 247 g/mol. The van der Waals surface area contributed by atoms with Crippen LogP contribution in [0.25, 0.3) is 0 Å². The van der Waals surface area contributed by atoms with Gasteiger partial charge in [-0.15, -0.1) is 0 Å². The number of likely N-dealkylation sites (N-methyl/N-ethyl adjacent to an activating group) is 1. The molecule has 0 atom stereocenters. The molecule has 2 aliphatic rings. The fourth-order valence-electron chi connectivity index (χ4n) is 2.75. The molecule has 3 rings (SSSR count). The Bertz CT molecular complexity index is 368. The molecule has 5 heteroatoms. The predicted octanol–water partition coefficient (Wildman–Crippen LogP) is 0.303. The summed E-state index contributed by atoms with van der Waals surface area (Å²) in [5.74, 6) is 0.876. The quantitative estimate of drug-likeness (QED) is 0.768. The van der Waals surface area contributed by atoms with Crippen LogP contribution in [0.5, 0.6) is 0 Å². The van der Waals surface area contributed by atoms with Crippen LogP contribution in [0.1, 0.15) is 6.92 Å². The van der Waals surface area contributed by atoms with Crippen molar-refractivity contribution in [2.45, 2.75) is 13.0 Å². The average Bonchev–Trinajstić information content (AvgIpc) is 2.39. The number of rotatable bonds is 3. The number of hydrogen-bond donors (Lipinski definition) is 0. The van der Waals surface area contributed by atoms with Crippen molar-refractivity contribution in [3.63, 3.8) is 0 Å². The van der Waals surface area contributed by atoms with Gasteiger partial charge in [-0.25, -0.2) is 9.97 Å². The summed E-state index contributed by atoms with van der Waals surface area (Å²) in [4.78, 5) is 16.0. The molecule has 0 aliphatic carbocycles. The standard InChI is InChI=1S/C13H21N5/c1-2-16-6-8-17(9-7-16)12-10-18(11-12)13-14-4-3-5-15-13/h3-5,12H,2,6-11H2,1H3. The van der Waals surface area contributed by atoms with E-state index in [1.165, 1.54) is 32.7 Å². The lowest BCUT2D eigenvalue weighted by Crippen LogP contribution is -2.63. The van der Waals surface area contributed by atoms with Crippen LogP contribution in [-0.2, 0) is 0 Å². The molecule has 5 nitrogen and oxygen atoms in total. The van der Waals surface area contributed by atoms with Crippen LogP contribution in [0.4, 0.5) is 5.95 Å². The molecule has 98 valence electrons. The van der Waals surface area contributed by atoms with Crippen molar-refractivity contribution in [3.8, 4) is 0 Å². The molecule has 1 aromatic rings. The normalized spacial score (nSPS) is 23.1. The van der Waals surface area contributed by atoms with E-state index in [0.29, 0.717) is 6.04 Å². The highest BCUT2D eigenvalue weighted by atomic mass is 15.4. The third-order valence-electron chi connectivity index (χ3n) is 4.07. The van der Waals surface area contributed by atoms with E-state index in [-0.39, 0.29) is 0 Å². The van der Waals surface area contributed by atoms with Gasteiger partial charge in [-0.05, 0) is 12.6 Å². The number of anilines is 1. The van der Waals surface area contributed by atoms with Gasteiger partial charge in [0.25, 0.3) is 0 Å². The molecule has 2 aliphatic heterocycles. The van der Waals surface area contributed by atoms with Crippen molar-refractivity contribution in [1.29, 1.82) is 0 Å². The first-order chi connectivity index (χ1) is 8.86. The highest BCUT2D eigenvalue weighted by Crippen LogP contribution is 2.20. The van der Waals surface area contributed by atoms with Crippen molar-refractivity contribution in [1.82, 2.24) is 19.8 Å². The van der Waals surface area contributed by atoms with Gasteiger partial charge in [0.05, 0.1) is 0 Å². The molecular weight excluding hydrogens is 226 g/mol. The van der Waals surface area contributed by atoms with Crippen LogP contribution >= 0.6 is 0 Å². The molecule has 3 heterocycles. The van der Waals surface area contributed by atoms with Crippen molar-refractivity contribution >= 4 is 5.95 Å². The lowest BCUT2D eigenvalue weighted by molar-refractivity contribution is 0.0856. The first-order valence-electron chi connectivity index (χ1n) is 6.85. The van der Waals surface area contributed by atoms with Gasteiger partial charge in [-0.2, -0.15) is 0 Å². The smallest absolute Gasteiger partial charge is 0.225 e. The van der Waals surface area contributed by atoms with E-state index in [4.69, 9.17) is 0 Å². The summed E-state index contributed by atoms with van der Waals surface area (Å²) in [7, 11) is 0. The zero-order valence-electron chi connectivity index (χ0n) is 11.0. The summed E-state index contributed by atoms with van der Waals surface area (Å²) < 4.78 is 0. The Hall–Kier alpha value is -1.20. The third kappa shape index (κ3) is 2.33. The van der Waals surface area contributed by atoms with Crippen LogP contribution in [0.3, 0.4) is 0 Å². The SMILES string of the molecule is CCN1CCN(C2CN(c3ncccn3)C2)CC1. The van der Waals surface area contributed by atoms with Crippen LogP contribution in [0.15, 0.2) is 18.5 Å². The van der Waals surface area contributed by atoms with Crippen molar-refractivity contribution in [2.24, 2.45) is 0 Å². The molecule has 2 saturated heterocycles.